The first kappa shape index (κ1) is 9.09. The van der Waals surface area contributed by atoms with E-state index >= 15 is 0 Å². The average molecular weight is 198 g/mol. The van der Waals surface area contributed by atoms with Crippen LogP contribution in [0.15, 0.2) is 0 Å². The molecule has 0 amide bonds. The molecule has 2 heterocycles. The van der Waals surface area contributed by atoms with Crippen molar-refractivity contribution in [3.63, 3.8) is 0 Å². The summed E-state index contributed by atoms with van der Waals surface area (Å²) in [5, 5.41) is 7.04. The number of morpholine rings is 2. The first-order valence-electron chi connectivity index (χ1n) is 5.65. The molecule has 3 aliphatic rings. The highest BCUT2D eigenvalue weighted by molar-refractivity contribution is 5.05. The molecule has 4 heteroatoms. The first-order valence-corrected chi connectivity index (χ1v) is 5.65. The van der Waals surface area contributed by atoms with Gasteiger partial charge in [0.15, 0.2) is 11.4 Å². The Kier molecular flexibility index (Phi) is 2.06. The molecular formula is C10H18N2O2. The van der Waals surface area contributed by atoms with E-state index in [2.05, 4.69) is 10.6 Å². The minimum Gasteiger partial charge on any atom is -0.355 e. The van der Waals surface area contributed by atoms with E-state index in [-0.39, 0.29) is 11.4 Å². The van der Waals surface area contributed by atoms with E-state index in [0.29, 0.717) is 0 Å². The highest BCUT2D eigenvalue weighted by Gasteiger charge is 2.58. The Bertz CT molecular complexity index is 174. The third-order valence-corrected chi connectivity index (χ3v) is 3.68. The molecule has 2 saturated heterocycles. The molecule has 14 heavy (non-hydrogen) atoms. The molecular weight excluding hydrogens is 180 g/mol. The summed E-state index contributed by atoms with van der Waals surface area (Å²) in [4.78, 5) is 0. The highest BCUT2D eigenvalue weighted by Crippen LogP contribution is 2.42. The fourth-order valence-electron chi connectivity index (χ4n) is 3.05. The Balaban J connectivity index is 1.94. The summed E-state index contributed by atoms with van der Waals surface area (Å²) in [6.45, 7) is 3.39. The van der Waals surface area contributed by atoms with Crippen LogP contribution < -0.4 is 10.6 Å². The number of hydrogen-bond donors (Lipinski definition) is 2. The van der Waals surface area contributed by atoms with Crippen molar-refractivity contribution in [1.82, 2.24) is 10.6 Å². The van der Waals surface area contributed by atoms with Crippen molar-refractivity contribution in [2.75, 3.05) is 26.3 Å². The average Bonchev–Trinajstić information content (AvgIpc) is 2.27. The Morgan fingerprint density at radius 2 is 1.29 bits per heavy atom. The van der Waals surface area contributed by atoms with Gasteiger partial charge in [0.2, 0.25) is 0 Å². The van der Waals surface area contributed by atoms with Gasteiger partial charge in [-0.1, -0.05) is 0 Å². The van der Waals surface area contributed by atoms with Gasteiger partial charge in [0.05, 0.1) is 13.2 Å². The zero-order valence-electron chi connectivity index (χ0n) is 8.47. The number of nitrogens with one attached hydrogen (secondary N) is 2. The summed E-state index contributed by atoms with van der Waals surface area (Å²) in [7, 11) is 0. The SMILES string of the molecule is C1CC[C@]23NCCO[C@@]2(C1)NCCO3. The van der Waals surface area contributed by atoms with E-state index in [1.54, 1.807) is 0 Å². The van der Waals surface area contributed by atoms with E-state index in [4.69, 9.17) is 9.47 Å². The maximum Gasteiger partial charge on any atom is 0.162 e. The summed E-state index contributed by atoms with van der Waals surface area (Å²) in [6.07, 6.45) is 4.61. The van der Waals surface area contributed by atoms with Gasteiger partial charge in [-0.25, -0.2) is 0 Å². The Labute approximate surface area is 84.3 Å². The summed E-state index contributed by atoms with van der Waals surface area (Å²) in [5.41, 5.74) is -0.469. The van der Waals surface area contributed by atoms with Gasteiger partial charge in [0.1, 0.15) is 0 Å². The standard InChI is InChI=1S/C10H18N2O2/c1-2-4-10-9(3-1,11-5-8-14-10)13-7-6-12-10/h11-12H,1-8H2/t9-,10-/m1/s1. The van der Waals surface area contributed by atoms with Gasteiger partial charge in [-0.05, 0) is 25.7 Å². The van der Waals surface area contributed by atoms with Crippen LogP contribution in [0.5, 0.6) is 0 Å². The molecule has 3 rings (SSSR count). The van der Waals surface area contributed by atoms with Crippen LogP contribution in [0.4, 0.5) is 0 Å². The fourth-order valence-corrected chi connectivity index (χ4v) is 3.05. The maximum absolute atomic E-state index is 5.97. The molecule has 2 aliphatic heterocycles. The number of ether oxygens (including phenoxy) is 2. The lowest BCUT2D eigenvalue weighted by Crippen LogP contribution is -2.78. The van der Waals surface area contributed by atoms with Gasteiger partial charge in [-0.2, -0.15) is 0 Å². The van der Waals surface area contributed by atoms with E-state index in [0.717, 1.165) is 39.1 Å². The molecule has 3 fully saturated rings. The molecule has 0 aromatic rings. The van der Waals surface area contributed by atoms with Crippen LogP contribution in [-0.2, 0) is 9.47 Å². The molecule has 0 bridgehead atoms. The lowest BCUT2D eigenvalue weighted by molar-refractivity contribution is -0.296. The third kappa shape index (κ3) is 1.08. The van der Waals surface area contributed by atoms with Crippen molar-refractivity contribution in [3.8, 4) is 0 Å². The lowest BCUT2D eigenvalue weighted by Gasteiger charge is -2.58. The minimum absolute atomic E-state index is 0.234. The van der Waals surface area contributed by atoms with Gasteiger partial charge < -0.3 is 9.47 Å². The molecule has 0 unspecified atom stereocenters. The summed E-state index contributed by atoms with van der Waals surface area (Å²) < 4.78 is 11.9. The maximum atomic E-state index is 5.97. The van der Waals surface area contributed by atoms with Crippen LogP contribution in [-0.4, -0.2) is 37.8 Å². The molecule has 0 radical (unpaired) electrons. The van der Waals surface area contributed by atoms with Gasteiger partial charge in [0.25, 0.3) is 0 Å². The number of hydrogen-bond acceptors (Lipinski definition) is 4. The zero-order chi connectivity index (χ0) is 9.49. The van der Waals surface area contributed by atoms with Gasteiger partial charge in [-0.15, -0.1) is 0 Å². The molecule has 4 nitrogen and oxygen atoms in total. The van der Waals surface area contributed by atoms with Gasteiger partial charge in [-0.3, -0.25) is 10.6 Å². The van der Waals surface area contributed by atoms with Crippen molar-refractivity contribution in [2.45, 2.75) is 37.1 Å². The van der Waals surface area contributed by atoms with Crippen molar-refractivity contribution in [1.29, 1.82) is 0 Å². The van der Waals surface area contributed by atoms with Crippen LogP contribution in [0.25, 0.3) is 0 Å². The quantitative estimate of drug-likeness (QED) is 0.583. The Morgan fingerprint density at radius 3 is 1.79 bits per heavy atom. The van der Waals surface area contributed by atoms with E-state index in [1.807, 2.05) is 0 Å². The summed E-state index contributed by atoms with van der Waals surface area (Å²) in [6, 6.07) is 0. The first-order chi connectivity index (χ1) is 6.87. The van der Waals surface area contributed by atoms with E-state index in [9.17, 15) is 0 Å². The van der Waals surface area contributed by atoms with Crippen LogP contribution >= 0.6 is 0 Å². The fraction of sp³-hybridized carbons (Fsp3) is 1.00. The van der Waals surface area contributed by atoms with Crippen LogP contribution in [0.3, 0.4) is 0 Å². The van der Waals surface area contributed by atoms with Crippen LogP contribution in [0.1, 0.15) is 25.7 Å². The smallest absolute Gasteiger partial charge is 0.162 e. The topological polar surface area (TPSA) is 42.5 Å². The second kappa shape index (κ2) is 3.17. The highest BCUT2D eigenvalue weighted by atomic mass is 16.6. The molecule has 1 saturated carbocycles. The zero-order valence-corrected chi connectivity index (χ0v) is 8.47. The third-order valence-electron chi connectivity index (χ3n) is 3.68. The second-order valence-electron chi connectivity index (χ2n) is 4.41. The predicted octanol–water partition coefficient (Wildman–Crippen LogP) is 0.193. The largest absolute Gasteiger partial charge is 0.355 e. The molecule has 2 atom stereocenters. The number of rotatable bonds is 0. The summed E-state index contributed by atoms with van der Waals surface area (Å²) >= 11 is 0. The Hall–Kier alpha value is -0.160. The van der Waals surface area contributed by atoms with Crippen molar-refractivity contribution < 1.29 is 9.47 Å². The minimum atomic E-state index is -0.234. The second-order valence-corrected chi connectivity index (χ2v) is 4.41. The molecule has 80 valence electrons. The normalized spacial score (nSPS) is 48.0. The monoisotopic (exact) mass is 198 g/mol. The van der Waals surface area contributed by atoms with E-state index < -0.39 is 0 Å². The van der Waals surface area contributed by atoms with Crippen molar-refractivity contribution in [2.24, 2.45) is 0 Å². The molecule has 2 N–H and O–H groups in total. The summed E-state index contributed by atoms with van der Waals surface area (Å²) in [5.74, 6) is 0. The van der Waals surface area contributed by atoms with Crippen LogP contribution in [0.2, 0.25) is 0 Å². The molecule has 0 spiro atoms. The van der Waals surface area contributed by atoms with E-state index in [1.165, 1.54) is 12.8 Å². The van der Waals surface area contributed by atoms with Gasteiger partial charge in [0, 0.05) is 13.1 Å². The predicted molar refractivity (Wildman–Crippen MR) is 51.8 cm³/mol. The molecule has 1 aliphatic carbocycles. The molecule has 0 aromatic carbocycles. The van der Waals surface area contributed by atoms with Crippen molar-refractivity contribution in [3.05, 3.63) is 0 Å². The van der Waals surface area contributed by atoms with Crippen LogP contribution in [0, 0.1) is 0 Å². The molecule has 0 aromatic heterocycles. The van der Waals surface area contributed by atoms with Gasteiger partial charge >= 0.3 is 0 Å². The van der Waals surface area contributed by atoms with Crippen molar-refractivity contribution >= 4 is 0 Å². The Morgan fingerprint density at radius 1 is 0.786 bits per heavy atom. The lowest BCUT2D eigenvalue weighted by atomic mass is 9.81.